The summed E-state index contributed by atoms with van der Waals surface area (Å²) in [6, 6.07) is 0. The first-order valence-corrected chi connectivity index (χ1v) is 15.8. The van der Waals surface area contributed by atoms with Gasteiger partial charge in [-0.05, 0) is 104 Å². The van der Waals surface area contributed by atoms with Crippen molar-refractivity contribution in [3.05, 3.63) is 34.9 Å². The predicted molar refractivity (Wildman–Crippen MR) is 158 cm³/mol. The minimum absolute atomic E-state index is 0.0227. The molecule has 0 bridgehead atoms. The highest BCUT2D eigenvalue weighted by Gasteiger charge is 2.67. The molecule has 0 aromatic rings. The summed E-state index contributed by atoms with van der Waals surface area (Å²) < 4.78 is 19.2. The van der Waals surface area contributed by atoms with Gasteiger partial charge in [-0.15, -0.1) is 0 Å². The number of hydrogen-bond donors (Lipinski definition) is 1. The summed E-state index contributed by atoms with van der Waals surface area (Å²) >= 11 is 0. The van der Waals surface area contributed by atoms with Crippen LogP contribution in [0.3, 0.4) is 0 Å². The van der Waals surface area contributed by atoms with E-state index in [1.807, 2.05) is 13.8 Å². The second-order valence-electron chi connectivity index (χ2n) is 15.6. The molecule has 4 aliphatic carbocycles. The molecule has 1 saturated carbocycles. The van der Waals surface area contributed by atoms with Crippen molar-refractivity contribution in [1.82, 2.24) is 0 Å². The van der Waals surface area contributed by atoms with E-state index in [2.05, 4.69) is 61.1 Å². The Bertz CT molecular complexity index is 1130. The Morgan fingerprint density at radius 3 is 2.45 bits per heavy atom. The highest BCUT2D eigenvalue weighted by molar-refractivity contribution is 5.67. The number of esters is 1. The third-order valence-electron chi connectivity index (χ3n) is 12.0. The van der Waals surface area contributed by atoms with Crippen molar-refractivity contribution in [1.29, 1.82) is 0 Å². The van der Waals surface area contributed by atoms with E-state index < -0.39 is 23.4 Å². The monoisotopic (exact) mass is 554 g/mol. The fourth-order valence-electron chi connectivity index (χ4n) is 10.0. The third kappa shape index (κ3) is 4.40. The minimum Gasteiger partial charge on any atom is -0.458 e. The molecule has 1 aliphatic heterocycles. The fourth-order valence-corrected chi connectivity index (χ4v) is 10.0. The largest absolute Gasteiger partial charge is 0.458 e. The smallest absolute Gasteiger partial charge is 0.303 e. The van der Waals surface area contributed by atoms with Crippen LogP contribution < -0.4 is 0 Å². The lowest BCUT2D eigenvalue weighted by Gasteiger charge is -2.61. The number of ether oxygens (including phenoxy) is 3. The van der Waals surface area contributed by atoms with Crippen LogP contribution in [0.15, 0.2) is 34.9 Å². The summed E-state index contributed by atoms with van der Waals surface area (Å²) in [5.41, 5.74) is 4.21. The number of aliphatic hydroxyl groups is 1. The van der Waals surface area contributed by atoms with E-state index in [1.54, 1.807) is 0 Å². The number of fused-ring (bicyclic) bond motifs is 5. The first-order valence-electron chi connectivity index (χ1n) is 15.8. The van der Waals surface area contributed by atoms with Crippen LogP contribution in [0.2, 0.25) is 0 Å². The Balaban J connectivity index is 1.56. The van der Waals surface area contributed by atoms with E-state index in [1.165, 1.54) is 23.6 Å². The molecule has 40 heavy (non-hydrogen) atoms. The zero-order valence-corrected chi connectivity index (χ0v) is 26.7. The van der Waals surface area contributed by atoms with Crippen molar-refractivity contribution in [2.75, 3.05) is 0 Å². The number of carbonyl (C=O) groups is 1. The zero-order valence-electron chi connectivity index (χ0n) is 26.7. The van der Waals surface area contributed by atoms with Crippen LogP contribution in [-0.4, -0.2) is 41.3 Å². The van der Waals surface area contributed by atoms with Crippen molar-refractivity contribution < 1.29 is 24.1 Å². The zero-order chi connectivity index (χ0) is 29.6. The molecule has 0 unspecified atom stereocenters. The minimum atomic E-state index is -0.838. The molecule has 0 spiro atoms. The number of carbonyl (C=O) groups excluding carboxylic acids is 1. The van der Waals surface area contributed by atoms with Gasteiger partial charge in [-0.2, -0.15) is 0 Å². The lowest BCUT2D eigenvalue weighted by Crippen LogP contribution is -2.62. The van der Waals surface area contributed by atoms with E-state index in [9.17, 15) is 9.90 Å². The van der Waals surface area contributed by atoms with Crippen LogP contribution in [0.4, 0.5) is 0 Å². The molecule has 0 amide bonds. The molecule has 1 heterocycles. The molecule has 2 fully saturated rings. The van der Waals surface area contributed by atoms with Gasteiger partial charge in [0.25, 0.3) is 0 Å². The van der Waals surface area contributed by atoms with Gasteiger partial charge in [0, 0.05) is 12.3 Å². The molecule has 1 saturated heterocycles. The highest BCUT2D eigenvalue weighted by atomic mass is 16.8. The first kappa shape index (κ1) is 30.0. The van der Waals surface area contributed by atoms with Gasteiger partial charge in [0.1, 0.15) is 12.2 Å². The summed E-state index contributed by atoms with van der Waals surface area (Å²) in [4.78, 5) is 12.6. The Kier molecular flexibility index (Phi) is 7.37. The molecule has 5 heteroatoms. The van der Waals surface area contributed by atoms with Crippen molar-refractivity contribution >= 4 is 5.97 Å². The van der Waals surface area contributed by atoms with E-state index in [4.69, 9.17) is 14.2 Å². The molecule has 1 N–H and O–H groups in total. The van der Waals surface area contributed by atoms with Crippen LogP contribution in [0.1, 0.15) is 108 Å². The standard InChI is InChI=1S/C35H54O5/c1-19(2)20(3)12-13-21(4)24-15-16-25-23-14-17-27-32(6,7)30-26(39-33(8,9)40-30)18-34(27,10)28(23)29(37)31(35(24,25)11)38-22(5)36/h16,19,21,24,26-27,29-31,37H,3,12-15,17-18H2,1-2,4-11H3/t21-,24-,26-,27+,29-,30+,31+,34+,35-/m1/s1. The molecule has 5 nitrogen and oxygen atoms in total. The molecule has 0 radical (unpaired) electrons. The van der Waals surface area contributed by atoms with Gasteiger partial charge >= 0.3 is 5.97 Å². The predicted octanol–water partition coefficient (Wildman–Crippen LogP) is 7.54. The summed E-state index contributed by atoms with van der Waals surface area (Å²) in [6.07, 6.45) is 6.78. The number of aliphatic hydroxyl groups excluding tert-OH is 1. The van der Waals surface area contributed by atoms with Crippen LogP contribution in [-0.2, 0) is 19.0 Å². The van der Waals surface area contributed by atoms with Crippen LogP contribution in [0.5, 0.6) is 0 Å². The maximum Gasteiger partial charge on any atom is 0.303 e. The molecule has 224 valence electrons. The van der Waals surface area contributed by atoms with Gasteiger partial charge in [0.2, 0.25) is 0 Å². The Morgan fingerprint density at radius 1 is 1.15 bits per heavy atom. The second-order valence-corrected chi connectivity index (χ2v) is 15.6. The average molecular weight is 555 g/mol. The third-order valence-corrected chi connectivity index (χ3v) is 12.0. The van der Waals surface area contributed by atoms with Crippen LogP contribution in [0.25, 0.3) is 0 Å². The van der Waals surface area contributed by atoms with E-state index in [0.29, 0.717) is 23.7 Å². The number of allylic oxidation sites excluding steroid dienone is 3. The van der Waals surface area contributed by atoms with Gasteiger partial charge in [0.15, 0.2) is 5.79 Å². The molecule has 9 atom stereocenters. The molecule has 0 aromatic carbocycles. The van der Waals surface area contributed by atoms with Crippen molar-refractivity contribution in [2.45, 2.75) is 138 Å². The fraction of sp³-hybridized carbons (Fsp3) is 0.800. The molecule has 0 aromatic heterocycles. The van der Waals surface area contributed by atoms with Crippen molar-refractivity contribution in [3.63, 3.8) is 0 Å². The lowest BCUT2D eigenvalue weighted by atomic mass is 9.45. The lowest BCUT2D eigenvalue weighted by molar-refractivity contribution is -0.169. The van der Waals surface area contributed by atoms with Gasteiger partial charge in [-0.1, -0.05) is 66.7 Å². The van der Waals surface area contributed by atoms with Gasteiger partial charge in [-0.25, -0.2) is 0 Å². The van der Waals surface area contributed by atoms with Crippen molar-refractivity contribution in [2.24, 2.45) is 39.9 Å². The summed E-state index contributed by atoms with van der Waals surface area (Å²) in [7, 11) is 0. The normalized spacial score (nSPS) is 42.0. The maximum absolute atomic E-state index is 12.6. The Morgan fingerprint density at radius 2 is 1.82 bits per heavy atom. The van der Waals surface area contributed by atoms with Crippen molar-refractivity contribution in [3.8, 4) is 0 Å². The van der Waals surface area contributed by atoms with E-state index >= 15 is 0 Å². The van der Waals surface area contributed by atoms with Crippen LogP contribution >= 0.6 is 0 Å². The Labute approximate surface area is 242 Å². The van der Waals surface area contributed by atoms with Gasteiger partial charge in [0.05, 0.1) is 12.2 Å². The topological polar surface area (TPSA) is 65.0 Å². The van der Waals surface area contributed by atoms with E-state index in [0.717, 1.165) is 44.1 Å². The van der Waals surface area contributed by atoms with E-state index in [-0.39, 0.29) is 29.0 Å². The molecule has 5 aliphatic rings. The molecular weight excluding hydrogens is 500 g/mol. The Hall–Kier alpha value is -1.43. The van der Waals surface area contributed by atoms with Gasteiger partial charge in [-0.3, -0.25) is 4.79 Å². The highest BCUT2D eigenvalue weighted by Crippen LogP contribution is 2.68. The van der Waals surface area contributed by atoms with Crippen LogP contribution in [0, 0.1) is 39.9 Å². The maximum atomic E-state index is 12.6. The summed E-state index contributed by atoms with van der Waals surface area (Å²) in [5.74, 6) is 0.572. The van der Waals surface area contributed by atoms with Gasteiger partial charge < -0.3 is 19.3 Å². The number of rotatable bonds is 6. The molecular formula is C35H54O5. The number of hydrogen-bond acceptors (Lipinski definition) is 5. The second kappa shape index (κ2) is 9.81. The molecule has 5 rings (SSSR count). The first-order chi connectivity index (χ1) is 18.4. The summed E-state index contributed by atoms with van der Waals surface area (Å²) in [5, 5.41) is 12.4. The average Bonchev–Trinajstić information content (AvgIpc) is 3.35. The quantitative estimate of drug-likeness (QED) is 0.271. The SMILES string of the molecule is C=C(CC[C@@H](C)[C@H]1CC=C2C3=C([C@@H](O)[C@H](OC(C)=O)[C@@]21C)[C@@]1(C)C[C@H]2OC(C)(C)O[C@@H]2C(C)(C)[C@@H]1CC3)C(C)C. The summed E-state index contributed by atoms with van der Waals surface area (Å²) in [6.45, 7) is 25.8.